The molecule has 0 radical (unpaired) electrons. The first-order chi connectivity index (χ1) is 37.6. The summed E-state index contributed by atoms with van der Waals surface area (Å²) in [4.78, 5) is 34.7. The number of carboxylic acids is 2. The Hall–Kier alpha value is -9.80. The topological polar surface area (TPSA) is 441 Å². The third-order valence-corrected chi connectivity index (χ3v) is 13.0. The van der Waals surface area contributed by atoms with Gasteiger partial charge in [0.15, 0.2) is 11.5 Å². The summed E-state index contributed by atoms with van der Waals surface area (Å²) in [6.45, 7) is 1.50. The zero-order chi connectivity index (χ0) is 56.8. The molecule has 0 bridgehead atoms. The molecule has 0 aliphatic heterocycles. The van der Waals surface area contributed by atoms with Crippen LogP contribution in [0.25, 0.3) is 10.8 Å². The molecule has 29 nitrogen and oxygen atoms in total. The number of nitrogens with zero attached hydrogens (tertiary/aromatic N) is 9. The molecule has 0 spiro atoms. The number of methoxy groups -OCH3 is 1. The van der Waals surface area contributed by atoms with Crippen LogP contribution in [0, 0.1) is 6.92 Å². The number of phenols is 3. The maximum Gasteiger partial charge on any atom is 0.339 e. The molecule has 0 aliphatic rings. The van der Waals surface area contributed by atoms with Crippen molar-refractivity contribution >= 4 is 124 Å². The predicted molar refractivity (Wildman–Crippen MR) is 279 cm³/mol. The number of hydrogen-bond acceptors (Lipinski definition) is 26. The number of ether oxygens (including phenoxy) is 1. The van der Waals surface area contributed by atoms with Crippen molar-refractivity contribution in [2.24, 2.45) is 30.7 Å². The molecular formula is C47H36N12O17S3. The number of aromatic hydroxyl groups is 3. The number of benzene rings is 7. The van der Waals surface area contributed by atoms with Crippen LogP contribution < -0.4 is 20.7 Å². The summed E-state index contributed by atoms with van der Waals surface area (Å²) in [6.07, 6.45) is 0. The molecule has 79 heavy (non-hydrogen) atoms. The van der Waals surface area contributed by atoms with Crippen molar-refractivity contribution in [3.63, 3.8) is 0 Å². The third-order valence-electron chi connectivity index (χ3n) is 10.7. The maximum atomic E-state index is 13.0. The van der Waals surface area contributed by atoms with E-state index in [9.17, 15) is 61.1 Å². The second-order valence-corrected chi connectivity index (χ2v) is 19.5. The summed E-state index contributed by atoms with van der Waals surface area (Å²) in [6, 6.07) is 26.6. The van der Waals surface area contributed by atoms with Crippen molar-refractivity contribution in [2.45, 2.75) is 21.6 Å². The molecule has 0 fully saturated rings. The second-order valence-electron chi connectivity index (χ2n) is 16.0. The fourth-order valence-electron chi connectivity index (χ4n) is 7.12. The van der Waals surface area contributed by atoms with E-state index in [0.29, 0.717) is 35.2 Å². The van der Waals surface area contributed by atoms with E-state index in [-0.39, 0.29) is 73.1 Å². The van der Waals surface area contributed by atoms with Crippen LogP contribution in [-0.2, 0) is 29.6 Å². The van der Waals surface area contributed by atoms with Gasteiger partial charge in [-0.1, -0.05) is 23.2 Å². The minimum atomic E-state index is -5.23. The molecule has 8 rings (SSSR count). The van der Waals surface area contributed by atoms with Crippen LogP contribution in [0.2, 0.25) is 0 Å². The molecule has 0 aliphatic carbocycles. The first-order valence-corrected chi connectivity index (χ1v) is 25.5. The van der Waals surface area contributed by atoms with Gasteiger partial charge in [-0.25, -0.2) is 14.8 Å². The lowest BCUT2D eigenvalue weighted by molar-refractivity contribution is -0.432. The lowest BCUT2D eigenvalue weighted by atomic mass is 10.1. The number of anilines is 6. The van der Waals surface area contributed by atoms with Gasteiger partial charge in [-0.2, -0.15) is 52.2 Å². The zero-order valence-corrected chi connectivity index (χ0v) is 42.4. The molecule has 404 valence electrons. The number of fused-ring (bicyclic) bond motifs is 1. The highest BCUT2D eigenvalue weighted by Gasteiger charge is 2.26. The Morgan fingerprint density at radius 3 is 1.80 bits per heavy atom. The summed E-state index contributed by atoms with van der Waals surface area (Å²) >= 11 is 0.449. The molecule has 1 aromatic heterocycles. The van der Waals surface area contributed by atoms with E-state index in [0.717, 1.165) is 18.2 Å². The molecule has 0 saturated carbocycles. The van der Waals surface area contributed by atoms with E-state index in [2.05, 4.69) is 71.0 Å². The molecule has 0 atom stereocenters. The standard InChI is InChI=1S/C47H36N12O17S3/c1-22-14-33(36(74-2)21-32(22)57-56-28-18-31(44(65)66)41(61)38(19-28)79(71,72)73)58-59-40-37(78(68,69)70)16-23-15-29(77-76-75-67)20-34(39(23)42(40)62)50-47-52-45(48-24-6-4-3-5-7-24)51-46(53-47)49-25-8-10-26(11-9-25)54-55-27-12-13-35(60)30(17-27)43(63)64/h3-21,60-62,67H,1-2H3,(H,63,64)(H,65,66)(H,68,69,70)(H,71,72,73)(H3,48,49,50,51,52,53). The number of aromatic carboxylic acids is 2. The smallest absolute Gasteiger partial charge is 0.339 e. The van der Waals surface area contributed by atoms with Gasteiger partial charge in [0.2, 0.25) is 17.8 Å². The molecule has 7 aromatic carbocycles. The Morgan fingerprint density at radius 1 is 0.595 bits per heavy atom. The number of para-hydroxylation sites is 1. The molecular weight excluding hydrogens is 1100 g/mol. The summed E-state index contributed by atoms with van der Waals surface area (Å²) < 4.78 is 79.9. The van der Waals surface area contributed by atoms with Gasteiger partial charge in [0.05, 0.1) is 47.6 Å². The highest BCUT2D eigenvalue weighted by molar-refractivity contribution is 7.94. The first-order valence-electron chi connectivity index (χ1n) is 21.8. The van der Waals surface area contributed by atoms with E-state index < -0.39 is 76.2 Å². The van der Waals surface area contributed by atoms with Crippen molar-refractivity contribution in [2.75, 3.05) is 23.1 Å². The van der Waals surface area contributed by atoms with E-state index in [1.54, 1.807) is 54.6 Å². The van der Waals surface area contributed by atoms with Gasteiger partial charge in [0, 0.05) is 27.7 Å². The third kappa shape index (κ3) is 13.2. The fourth-order valence-corrected chi connectivity index (χ4v) is 8.85. The maximum absolute atomic E-state index is 13.0. The fraction of sp³-hybridized carbons (Fsp3) is 0.0426. The van der Waals surface area contributed by atoms with Gasteiger partial charge >= 0.3 is 11.9 Å². The quantitative estimate of drug-likeness (QED) is 0.0111. The summed E-state index contributed by atoms with van der Waals surface area (Å²) in [5, 5.41) is 96.7. The first kappa shape index (κ1) is 55.4. The SMILES string of the molecule is COc1cc(N=Nc2cc(C(=O)O)c(O)c(S(=O)(=O)O)c2)c(C)cc1N=Nc1c(S(=O)(=O)O)cc2cc(SOOO)cc(Nc3nc(Nc4ccccc4)nc(Nc4ccc(N=Nc5ccc(O)c(C(=O)O)c5)cc4)n3)c2c1O. The average molecular weight is 1140 g/mol. The van der Waals surface area contributed by atoms with Gasteiger partial charge in [0.25, 0.3) is 20.2 Å². The van der Waals surface area contributed by atoms with Crippen LogP contribution in [-0.4, -0.2) is 90.7 Å². The van der Waals surface area contributed by atoms with Gasteiger partial charge in [0.1, 0.15) is 43.8 Å². The molecule has 0 amide bonds. The van der Waals surface area contributed by atoms with Gasteiger partial charge in [-0.3, -0.25) is 9.11 Å². The zero-order valence-electron chi connectivity index (χ0n) is 40.0. The Bertz CT molecular complexity index is 4040. The number of phenolic OH excluding ortho intramolecular Hbond substituents is 1. The lowest BCUT2D eigenvalue weighted by Crippen LogP contribution is -2.08. The van der Waals surface area contributed by atoms with E-state index in [1.165, 1.54) is 50.4 Å². The van der Waals surface area contributed by atoms with Crippen molar-refractivity contribution in [1.82, 2.24) is 15.0 Å². The highest BCUT2D eigenvalue weighted by atomic mass is 32.2. The average Bonchev–Trinajstić information content (AvgIpc) is 3.41. The molecule has 32 heteroatoms. The van der Waals surface area contributed by atoms with Crippen LogP contribution in [0.1, 0.15) is 26.3 Å². The van der Waals surface area contributed by atoms with Gasteiger partial charge in [-0.15, -0.1) is 14.6 Å². The van der Waals surface area contributed by atoms with Gasteiger partial charge < -0.3 is 46.2 Å². The van der Waals surface area contributed by atoms with Gasteiger partial charge in [-0.05, 0) is 109 Å². The number of carbonyl (C=O) groups is 2. The second kappa shape index (κ2) is 23.2. The monoisotopic (exact) mass is 1140 g/mol. The van der Waals surface area contributed by atoms with Crippen LogP contribution in [0.4, 0.5) is 69.0 Å². The number of aryl methyl sites for hydroxylation is 1. The van der Waals surface area contributed by atoms with Crippen LogP contribution in [0.3, 0.4) is 0 Å². The molecule has 8 aromatic rings. The number of nitrogens with one attached hydrogen (secondary N) is 3. The Labute approximate surface area is 447 Å². The number of azo groups is 3. The van der Waals surface area contributed by atoms with Crippen molar-refractivity contribution in [1.29, 1.82) is 0 Å². The summed E-state index contributed by atoms with van der Waals surface area (Å²) in [7, 11) is -9.12. The normalized spacial score (nSPS) is 11.9. The number of hydrogen-bond donors (Lipinski definition) is 11. The minimum absolute atomic E-state index is 0.0128. The molecule has 1 heterocycles. The van der Waals surface area contributed by atoms with Crippen LogP contribution in [0.5, 0.6) is 23.0 Å². The van der Waals surface area contributed by atoms with Crippen molar-refractivity contribution in [3.8, 4) is 23.0 Å². The lowest BCUT2D eigenvalue weighted by Gasteiger charge is -2.16. The molecule has 0 saturated heterocycles. The minimum Gasteiger partial charge on any atom is -0.507 e. The van der Waals surface area contributed by atoms with Crippen molar-refractivity contribution < 1.29 is 80.4 Å². The Balaban J connectivity index is 1.17. The predicted octanol–water partition coefficient (Wildman–Crippen LogP) is 11.3. The van der Waals surface area contributed by atoms with E-state index in [1.807, 2.05) is 0 Å². The van der Waals surface area contributed by atoms with E-state index >= 15 is 0 Å². The number of aromatic nitrogens is 3. The summed E-state index contributed by atoms with van der Waals surface area (Å²) in [5.74, 6) is -5.97. The highest BCUT2D eigenvalue weighted by Crippen LogP contribution is 2.47. The Morgan fingerprint density at radius 2 is 1.18 bits per heavy atom. The molecule has 11 N–H and O–H groups in total. The van der Waals surface area contributed by atoms with Crippen LogP contribution in [0.15, 0.2) is 161 Å². The Kier molecular flexibility index (Phi) is 16.3. The van der Waals surface area contributed by atoms with E-state index in [4.69, 9.17) is 9.99 Å². The number of carboxylic acid groups (broad SMARTS) is 2. The van der Waals surface area contributed by atoms with Crippen molar-refractivity contribution in [3.05, 3.63) is 132 Å². The number of rotatable bonds is 20. The largest absolute Gasteiger partial charge is 0.507 e. The van der Waals surface area contributed by atoms with Crippen LogP contribution >= 0.6 is 12.0 Å². The summed E-state index contributed by atoms with van der Waals surface area (Å²) in [5.41, 5.74) is -0.792. The molecule has 0 unspecified atom stereocenters.